The monoisotopic (exact) mass is 314 g/mol. The fraction of sp³-hybridized carbons (Fsp3) is 0.235. The van der Waals surface area contributed by atoms with Crippen molar-refractivity contribution >= 4 is 6.16 Å². The highest BCUT2D eigenvalue weighted by Gasteiger charge is 2.19. The molecule has 0 saturated heterocycles. The normalized spacial score (nSPS) is 12.3. The van der Waals surface area contributed by atoms with Crippen molar-refractivity contribution in [3.05, 3.63) is 60.2 Å². The number of nitrogens with zero attached hydrogens (tertiary/aromatic N) is 2. The number of benzene rings is 2. The van der Waals surface area contributed by atoms with E-state index in [-0.39, 0.29) is 11.7 Å². The minimum absolute atomic E-state index is 0.0563. The number of phenols is 1. The van der Waals surface area contributed by atoms with Gasteiger partial charge in [-0.3, -0.25) is 4.84 Å². The standard InChI is InChI=1S/C17H18N2O4/c1-12(2)16(14-10-6-7-11-15(14)20)18-19-23-17(21)22-13-8-4-3-5-9-13/h3-12,16,20H,1-2H3. The second-order valence-corrected chi connectivity index (χ2v) is 5.20. The minimum atomic E-state index is -0.972. The van der Waals surface area contributed by atoms with E-state index in [9.17, 15) is 9.90 Å². The lowest BCUT2D eigenvalue weighted by atomic mass is 9.96. The zero-order valence-electron chi connectivity index (χ0n) is 12.9. The molecule has 0 amide bonds. The van der Waals surface area contributed by atoms with Crippen LogP contribution in [0.4, 0.5) is 4.79 Å². The smallest absolute Gasteiger partial charge is 0.508 e. The molecule has 0 bridgehead atoms. The number of para-hydroxylation sites is 2. The molecule has 0 spiro atoms. The molecular weight excluding hydrogens is 296 g/mol. The van der Waals surface area contributed by atoms with Gasteiger partial charge in [-0.1, -0.05) is 50.2 Å². The maximum Gasteiger partial charge on any atom is 0.542 e. The van der Waals surface area contributed by atoms with Gasteiger partial charge in [0.25, 0.3) is 0 Å². The van der Waals surface area contributed by atoms with Gasteiger partial charge in [-0.2, -0.15) is 0 Å². The van der Waals surface area contributed by atoms with Gasteiger partial charge in [0.2, 0.25) is 0 Å². The quantitative estimate of drug-likeness (QED) is 0.376. The summed E-state index contributed by atoms with van der Waals surface area (Å²) in [6.45, 7) is 3.86. The molecule has 6 heteroatoms. The van der Waals surface area contributed by atoms with Gasteiger partial charge < -0.3 is 9.84 Å². The van der Waals surface area contributed by atoms with Crippen molar-refractivity contribution in [2.45, 2.75) is 19.9 Å². The van der Waals surface area contributed by atoms with Crippen LogP contribution in [0.1, 0.15) is 25.5 Å². The van der Waals surface area contributed by atoms with Crippen LogP contribution in [0.15, 0.2) is 65.0 Å². The van der Waals surface area contributed by atoms with Crippen molar-refractivity contribution in [1.82, 2.24) is 0 Å². The zero-order valence-corrected chi connectivity index (χ0v) is 12.9. The van der Waals surface area contributed by atoms with Gasteiger partial charge in [0, 0.05) is 10.8 Å². The molecule has 6 nitrogen and oxygen atoms in total. The average Bonchev–Trinajstić information content (AvgIpc) is 2.53. The predicted molar refractivity (Wildman–Crippen MR) is 84.1 cm³/mol. The topological polar surface area (TPSA) is 80.5 Å². The van der Waals surface area contributed by atoms with E-state index >= 15 is 0 Å². The molecule has 0 saturated carbocycles. The molecule has 2 aromatic carbocycles. The first-order valence-electron chi connectivity index (χ1n) is 7.20. The molecule has 0 aliphatic heterocycles. The van der Waals surface area contributed by atoms with Crippen LogP contribution in [0.3, 0.4) is 0 Å². The van der Waals surface area contributed by atoms with Crippen molar-refractivity contribution in [3.8, 4) is 11.5 Å². The van der Waals surface area contributed by atoms with Crippen molar-refractivity contribution in [3.63, 3.8) is 0 Å². The summed E-state index contributed by atoms with van der Waals surface area (Å²) in [5.74, 6) is 0.534. The van der Waals surface area contributed by atoms with E-state index in [0.29, 0.717) is 11.3 Å². The maximum atomic E-state index is 11.5. The van der Waals surface area contributed by atoms with Crippen LogP contribution in [0.5, 0.6) is 11.5 Å². The lowest BCUT2D eigenvalue weighted by molar-refractivity contribution is 0.0911. The summed E-state index contributed by atoms with van der Waals surface area (Å²) in [5.41, 5.74) is 0.617. The third-order valence-corrected chi connectivity index (χ3v) is 3.12. The molecule has 2 rings (SSSR count). The number of hydrogen-bond donors (Lipinski definition) is 1. The van der Waals surface area contributed by atoms with Crippen LogP contribution in [0.2, 0.25) is 0 Å². The van der Waals surface area contributed by atoms with Crippen LogP contribution in [-0.2, 0) is 4.84 Å². The number of carbonyl (C=O) groups excluding carboxylic acids is 1. The number of aromatic hydroxyl groups is 1. The van der Waals surface area contributed by atoms with Crippen LogP contribution < -0.4 is 4.74 Å². The maximum absolute atomic E-state index is 11.5. The molecule has 1 atom stereocenters. The first-order valence-corrected chi connectivity index (χ1v) is 7.20. The Bertz CT molecular complexity index is 671. The largest absolute Gasteiger partial charge is 0.542 e. The summed E-state index contributed by atoms with van der Waals surface area (Å²) in [6, 6.07) is 14.9. The highest BCUT2D eigenvalue weighted by atomic mass is 16.8. The summed E-state index contributed by atoms with van der Waals surface area (Å²) in [5, 5.41) is 17.3. The molecule has 0 aromatic heterocycles. The van der Waals surface area contributed by atoms with Crippen LogP contribution in [0.25, 0.3) is 0 Å². The Balaban J connectivity index is 1.99. The molecule has 2 aromatic rings. The van der Waals surface area contributed by atoms with Crippen molar-refractivity contribution in [1.29, 1.82) is 0 Å². The average molecular weight is 314 g/mol. The lowest BCUT2D eigenvalue weighted by Gasteiger charge is -2.16. The lowest BCUT2D eigenvalue weighted by Crippen LogP contribution is -2.08. The number of phenolic OH excluding ortho intramolecular Hbond substituents is 1. The van der Waals surface area contributed by atoms with E-state index in [1.54, 1.807) is 54.6 Å². The number of rotatable bonds is 5. The van der Waals surface area contributed by atoms with E-state index in [4.69, 9.17) is 4.74 Å². The fourth-order valence-electron chi connectivity index (χ4n) is 2.00. The SMILES string of the molecule is CC(C)C(N=NOC(=O)Oc1ccccc1)c1ccccc1O. The minimum Gasteiger partial charge on any atom is -0.508 e. The first kappa shape index (κ1) is 16.5. The van der Waals surface area contributed by atoms with Gasteiger partial charge in [-0.25, -0.2) is 4.79 Å². The Morgan fingerprint density at radius 3 is 2.35 bits per heavy atom. The third-order valence-electron chi connectivity index (χ3n) is 3.12. The molecular formula is C17H18N2O4. The fourth-order valence-corrected chi connectivity index (χ4v) is 2.00. The molecule has 23 heavy (non-hydrogen) atoms. The highest BCUT2D eigenvalue weighted by Crippen LogP contribution is 2.32. The molecule has 0 aliphatic carbocycles. The van der Waals surface area contributed by atoms with Gasteiger partial charge in [-0.05, 0) is 24.1 Å². The molecule has 1 unspecified atom stereocenters. The van der Waals surface area contributed by atoms with Gasteiger partial charge in [-0.15, -0.1) is 5.11 Å². The Kier molecular flexibility index (Phi) is 5.68. The third kappa shape index (κ3) is 4.81. The summed E-state index contributed by atoms with van der Waals surface area (Å²) in [6.07, 6.45) is -0.972. The summed E-state index contributed by atoms with van der Waals surface area (Å²) in [4.78, 5) is 16.1. The van der Waals surface area contributed by atoms with E-state index in [1.165, 1.54) is 0 Å². The Morgan fingerprint density at radius 2 is 1.70 bits per heavy atom. The molecule has 1 N–H and O–H groups in total. The number of ether oxygens (including phenoxy) is 1. The molecule has 120 valence electrons. The van der Waals surface area contributed by atoms with Crippen LogP contribution in [-0.4, -0.2) is 11.3 Å². The zero-order chi connectivity index (χ0) is 16.7. The molecule has 0 radical (unpaired) electrons. The van der Waals surface area contributed by atoms with Crippen molar-refractivity contribution in [2.75, 3.05) is 0 Å². The van der Waals surface area contributed by atoms with E-state index in [2.05, 4.69) is 15.2 Å². The summed E-state index contributed by atoms with van der Waals surface area (Å²) >= 11 is 0. The summed E-state index contributed by atoms with van der Waals surface area (Å²) < 4.78 is 4.92. The van der Waals surface area contributed by atoms with Gasteiger partial charge in [0.05, 0.1) is 0 Å². The van der Waals surface area contributed by atoms with Gasteiger partial charge in [0.15, 0.2) is 0 Å². The highest BCUT2D eigenvalue weighted by molar-refractivity contribution is 5.63. The molecule has 0 heterocycles. The predicted octanol–water partition coefficient (Wildman–Crippen LogP) is 4.67. The van der Waals surface area contributed by atoms with Gasteiger partial charge >= 0.3 is 6.16 Å². The van der Waals surface area contributed by atoms with Crippen LogP contribution in [0, 0.1) is 5.92 Å². The number of hydrogen-bond acceptors (Lipinski definition) is 6. The Hall–Kier alpha value is -2.89. The van der Waals surface area contributed by atoms with E-state index < -0.39 is 12.2 Å². The number of carbonyl (C=O) groups is 1. The Morgan fingerprint density at radius 1 is 1.04 bits per heavy atom. The Labute approximate surface area is 134 Å². The second-order valence-electron chi connectivity index (χ2n) is 5.20. The molecule has 0 aliphatic rings. The van der Waals surface area contributed by atoms with Crippen molar-refractivity contribution in [2.24, 2.45) is 16.3 Å². The summed E-state index contributed by atoms with van der Waals surface area (Å²) in [7, 11) is 0. The van der Waals surface area contributed by atoms with Gasteiger partial charge in [0.1, 0.15) is 17.5 Å². The van der Waals surface area contributed by atoms with E-state index in [1.807, 2.05) is 13.8 Å². The second kappa shape index (κ2) is 7.93. The first-order chi connectivity index (χ1) is 11.1. The molecule has 0 fully saturated rings. The van der Waals surface area contributed by atoms with E-state index in [0.717, 1.165) is 0 Å². The van der Waals surface area contributed by atoms with Crippen molar-refractivity contribution < 1.29 is 19.5 Å². The van der Waals surface area contributed by atoms with Crippen LogP contribution >= 0.6 is 0 Å².